The molecular weight excluding hydrogens is 324 g/mol. The number of fused-ring (bicyclic) bond motifs is 1. The molecule has 1 heterocycles. The van der Waals surface area contributed by atoms with E-state index in [0.717, 1.165) is 27.7 Å². The Bertz CT molecular complexity index is 1070. The summed E-state index contributed by atoms with van der Waals surface area (Å²) in [4.78, 5) is 12.3. The van der Waals surface area contributed by atoms with Crippen LogP contribution in [0.1, 0.15) is 0 Å². The third-order valence-electron chi connectivity index (χ3n) is 4.20. The molecule has 0 spiro atoms. The minimum Gasteiger partial charge on any atom is -0.308 e. The van der Waals surface area contributed by atoms with Gasteiger partial charge in [0.05, 0.1) is 5.69 Å². The molecule has 3 aromatic carbocycles. The predicted molar refractivity (Wildman–Crippen MR) is 105 cm³/mol. The fourth-order valence-corrected chi connectivity index (χ4v) is 2.95. The highest BCUT2D eigenvalue weighted by Crippen LogP contribution is 2.22. The topological polar surface area (TPSA) is 59.0 Å². The molecule has 0 saturated heterocycles. The van der Waals surface area contributed by atoms with E-state index < -0.39 is 0 Å². The van der Waals surface area contributed by atoms with Crippen LogP contribution in [0.2, 0.25) is 0 Å². The number of nitrogens with one attached hydrogen (secondary N) is 2. The van der Waals surface area contributed by atoms with E-state index in [4.69, 9.17) is 0 Å². The Hall–Kier alpha value is -3.60. The maximum absolute atomic E-state index is 12.3. The van der Waals surface area contributed by atoms with Crippen LogP contribution in [-0.2, 0) is 7.05 Å². The number of aromatic nitrogens is 2. The molecule has 0 saturated carbocycles. The van der Waals surface area contributed by atoms with Gasteiger partial charge in [-0.2, -0.15) is 5.10 Å². The zero-order valence-corrected chi connectivity index (χ0v) is 14.3. The second-order valence-electron chi connectivity index (χ2n) is 6.05. The van der Waals surface area contributed by atoms with E-state index in [2.05, 4.69) is 15.7 Å². The van der Waals surface area contributed by atoms with Crippen LogP contribution in [0.3, 0.4) is 0 Å². The first-order valence-corrected chi connectivity index (χ1v) is 8.35. The molecule has 0 fully saturated rings. The van der Waals surface area contributed by atoms with Crippen LogP contribution in [0.25, 0.3) is 22.0 Å². The van der Waals surface area contributed by atoms with Gasteiger partial charge in [-0.1, -0.05) is 60.7 Å². The number of rotatable bonds is 3. The molecular formula is C21H18N4O. The van der Waals surface area contributed by atoms with Gasteiger partial charge in [-0.15, -0.1) is 0 Å². The number of urea groups is 1. The van der Waals surface area contributed by atoms with E-state index in [-0.39, 0.29) is 6.03 Å². The van der Waals surface area contributed by atoms with Crippen LogP contribution in [0.4, 0.5) is 16.3 Å². The number of amides is 2. The third-order valence-corrected chi connectivity index (χ3v) is 4.20. The maximum atomic E-state index is 12.3. The number of nitrogens with zero attached hydrogens (tertiary/aromatic N) is 2. The highest BCUT2D eigenvalue weighted by Gasteiger charge is 2.10. The van der Waals surface area contributed by atoms with Crippen molar-refractivity contribution >= 4 is 28.3 Å². The van der Waals surface area contributed by atoms with E-state index in [1.165, 1.54) is 0 Å². The molecule has 0 unspecified atom stereocenters. The minimum absolute atomic E-state index is 0.321. The van der Waals surface area contributed by atoms with Gasteiger partial charge in [0.25, 0.3) is 0 Å². The van der Waals surface area contributed by atoms with Crippen molar-refractivity contribution in [3.8, 4) is 11.3 Å². The highest BCUT2D eigenvalue weighted by atomic mass is 16.2. The van der Waals surface area contributed by atoms with Crippen LogP contribution < -0.4 is 10.6 Å². The average Bonchev–Trinajstić information content (AvgIpc) is 3.02. The molecule has 0 bridgehead atoms. The van der Waals surface area contributed by atoms with Gasteiger partial charge >= 0.3 is 6.03 Å². The summed E-state index contributed by atoms with van der Waals surface area (Å²) < 4.78 is 1.75. The molecule has 1 aromatic heterocycles. The van der Waals surface area contributed by atoms with Crippen LogP contribution in [0, 0.1) is 0 Å². The van der Waals surface area contributed by atoms with Gasteiger partial charge in [0.1, 0.15) is 0 Å². The Morgan fingerprint density at radius 3 is 2.38 bits per heavy atom. The molecule has 0 aliphatic rings. The highest BCUT2D eigenvalue weighted by molar-refractivity contribution is 6.00. The molecule has 2 amide bonds. The molecule has 4 aromatic rings. The molecule has 5 heteroatoms. The van der Waals surface area contributed by atoms with Crippen molar-refractivity contribution in [2.75, 3.05) is 10.6 Å². The quantitative estimate of drug-likeness (QED) is 0.557. The van der Waals surface area contributed by atoms with Gasteiger partial charge in [0, 0.05) is 18.8 Å². The maximum Gasteiger partial charge on any atom is 0.324 e. The zero-order valence-electron chi connectivity index (χ0n) is 14.3. The van der Waals surface area contributed by atoms with E-state index >= 15 is 0 Å². The Morgan fingerprint density at radius 1 is 0.846 bits per heavy atom. The molecule has 0 aliphatic heterocycles. The number of benzene rings is 3. The summed E-state index contributed by atoms with van der Waals surface area (Å²) in [5.74, 6) is 0.504. The lowest BCUT2D eigenvalue weighted by atomic mass is 10.1. The number of carbonyl (C=O) groups is 1. The number of hydrogen-bond acceptors (Lipinski definition) is 2. The van der Waals surface area contributed by atoms with E-state index in [9.17, 15) is 4.79 Å². The van der Waals surface area contributed by atoms with Crippen LogP contribution in [0.5, 0.6) is 0 Å². The molecule has 26 heavy (non-hydrogen) atoms. The molecule has 5 nitrogen and oxygen atoms in total. The molecule has 4 rings (SSSR count). The zero-order chi connectivity index (χ0) is 17.9. The smallest absolute Gasteiger partial charge is 0.308 e. The Morgan fingerprint density at radius 2 is 1.58 bits per heavy atom. The Kier molecular flexibility index (Phi) is 4.11. The fraction of sp³-hybridized carbons (Fsp3) is 0.0476. The number of hydrogen-bond donors (Lipinski definition) is 2. The largest absolute Gasteiger partial charge is 0.324 e. The summed E-state index contributed by atoms with van der Waals surface area (Å²) in [5.41, 5.74) is 2.72. The van der Waals surface area contributed by atoms with Crippen molar-refractivity contribution in [2.45, 2.75) is 0 Å². The van der Waals surface area contributed by atoms with Crippen molar-refractivity contribution in [2.24, 2.45) is 7.05 Å². The Labute approximate surface area is 151 Å². The summed E-state index contributed by atoms with van der Waals surface area (Å²) in [6.07, 6.45) is 0. The molecule has 0 atom stereocenters. The van der Waals surface area contributed by atoms with Crippen molar-refractivity contribution in [1.82, 2.24) is 9.78 Å². The van der Waals surface area contributed by atoms with Crippen LogP contribution in [0.15, 0.2) is 78.9 Å². The molecule has 0 aliphatic carbocycles. The SMILES string of the molecule is Cn1nc(NC(=O)Nc2ccc3ccccc3c2)cc1-c1ccccc1. The van der Waals surface area contributed by atoms with Gasteiger partial charge in [-0.25, -0.2) is 4.79 Å². The predicted octanol–water partition coefficient (Wildman–Crippen LogP) is 4.88. The van der Waals surface area contributed by atoms with Gasteiger partial charge in [-0.3, -0.25) is 10.00 Å². The van der Waals surface area contributed by atoms with Gasteiger partial charge < -0.3 is 5.32 Å². The lowest BCUT2D eigenvalue weighted by molar-refractivity contribution is 0.262. The van der Waals surface area contributed by atoms with E-state index in [0.29, 0.717) is 5.82 Å². The molecule has 2 N–H and O–H groups in total. The van der Waals surface area contributed by atoms with Crippen LogP contribution >= 0.6 is 0 Å². The van der Waals surface area contributed by atoms with E-state index in [1.54, 1.807) is 4.68 Å². The monoisotopic (exact) mass is 342 g/mol. The summed E-state index contributed by atoms with van der Waals surface area (Å²) in [6, 6.07) is 25.3. The Balaban J connectivity index is 1.49. The van der Waals surface area contributed by atoms with Gasteiger partial charge in [0.2, 0.25) is 0 Å². The second-order valence-corrected chi connectivity index (χ2v) is 6.05. The van der Waals surface area contributed by atoms with E-state index in [1.807, 2.05) is 85.9 Å². The molecule has 0 radical (unpaired) electrons. The van der Waals surface area contributed by atoms with Crippen molar-refractivity contribution in [3.05, 3.63) is 78.9 Å². The summed E-state index contributed by atoms with van der Waals surface area (Å²) in [5, 5.41) is 12.2. The molecule has 128 valence electrons. The first-order chi connectivity index (χ1) is 12.7. The first kappa shape index (κ1) is 15.9. The minimum atomic E-state index is -0.321. The lowest BCUT2D eigenvalue weighted by Crippen LogP contribution is -2.19. The second kappa shape index (κ2) is 6.72. The van der Waals surface area contributed by atoms with Gasteiger partial charge in [0.15, 0.2) is 5.82 Å². The summed E-state index contributed by atoms with van der Waals surface area (Å²) in [6.45, 7) is 0. The first-order valence-electron chi connectivity index (χ1n) is 8.35. The fourth-order valence-electron chi connectivity index (χ4n) is 2.95. The van der Waals surface area contributed by atoms with Crippen molar-refractivity contribution in [3.63, 3.8) is 0 Å². The number of carbonyl (C=O) groups excluding carboxylic acids is 1. The normalized spacial score (nSPS) is 10.7. The lowest BCUT2D eigenvalue weighted by Gasteiger charge is -2.06. The standard InChI is InChI=1S/C21H18N4O/c1-25-19(16-8-3-2-4-9-16)14-20(24-25)23-21(26)22-18-12-11-15-7-5-6-10-17(15)13-18/h2-14H,1H3,(H2,22,23,24,26). The average molecular weight is 342 g/mol. The van der Waals surface area contributed by atoms with Crippen LogP contribution in [-0.4, -0.2) is 15.8 Å². The van der Waals surface area contributed by atoms with Gasteiger partial charge in [-0.05, 0) is 28.5 Å². The van der Waals surface area contributed by atoms with Crippen molar-refractivity contribution < 1.29 is 4.79 Å². The summed E-state index contributed by atoms with van der Waals surface area (Å²) >= 11 is 0. The number of aryl methyl sites for hydroxylation is 1. The number of anilines is 2. The summed E-state index contributed by atoms with van der Waals surface area (Å²) in [7, 11) is 1.86. The third kappa shape index (κ3) is 3.28. The van der Waals surface area contributed by atoms with Crippen molar-refractivity contribution in [1.29, 1.82) is 0 Å².